The predicted molar refractivity (Wildman–Crippen MR) is 61.6 cm³/mol. The average Bonchev–Trinajstić information content (AvgIpc) is 2.33. The zero-order chi connectivity index (χ0) is 11.2. The van der Waals surface area contributed by atoms with Crippen molar-refractivity contribution in [1.29, 1.82) is 0 Å². The van der Waals surface area contributed by atoms with E-state index in [4.69, 9.17) is 4.74 Å². The molecule has 1 aliphatic rings. The minimum Gasteiger partial charge on any atom is -0.376 e. The van der Waals surface area contributed by atoms with Crippen molar-refractivity contribution >= 4 is 0 Å². The molecule has 0 saturated carbocycles. The van der Waals surface area contributed by atoms with Gasteiger partial charge in [-0.3, -0.25) is 0 Å². The minimum atomic E-state index is -0.173. The average molecular weight is 223 g/mol. The molecule has 0 aromatic heterocycles. The molecule has 1 saturated heterocycles. The lowest BCUT2D eigenvalue weighted by Gasteiger charge is -2.22. The molecule has 2 rings (SSSR count). The Bertz CT molecular complexity index is 323. The lowest BCUT2D eigenvalue weighted by Crippen LogP contribution is -2.29. The van der Waals surface area contributed by atoms with Crippen LogP contribution in [-0.4, -0.2) is 19.7 Å². The topological polar surface area (TPSA) is 21.3 Å². The van der Waals surface area contributed by atoms with Crippen molar-refractivity contribution in [3.63, 3.8) is 0 Å². The molecular weight excluding hydrogens is 205 g/mol. The molecule has 88 valence electrons. The largest absolute Gasteiger partial charge is 0.376 e. The highest BCUT2D eigenvalue weighted by Crippen LogP contribution is 2.14. The number of benzene rings is 1. The molecule has 0 radical (unpaired) electrons. The molecule has 0 amide bonds. The number of nitrogens with one attached hydrogen (secondary N) is 1. The molecule has 0 atom stereocenters. The van der Waals surface area contributed by atoms with Gasteiger partial charge < -0.3 is 10.1 Å². The summed E-state index contributed by atoms with van der Waals surface area (Å²) in [5.74, 6) is 0.459. The highest BCUT2D eigenvalue weighted by Gasteiger charge is 2.13. The first-order valence-electron chi connectivity index (χ1n) is 5.88. The summed E-state index contributed by atoms with van der Waals surface area (Å²) in [4.78, 5) is 0. The maximum Gasteiger partial charge on any atom is 0.128 e. The van der Waals surface area contributed by atoms with Gasteiger partial charge in [-0.15, -0.1) is 0 Å². The number of piperidine rings is 1. The molecular formula is C13H18FNO. The lowest BCUT2D eigenvalue weighted by atomic mass is 9.99. The van der Waals surface area contributed by atoms with Crippen LogP contribution in [-0.2, 0) is 11.3 Å². The monoisotopic (exact) mass is 223 g/mol. The van der Waals surface area contributed by atoms with E-state index in [1.54, 1.807) is 12.1 Å². The minimum absolute atomic E-state index is 0.173. The fourth-order valence-electron chi connectivity index (χ4n) is 2.00. The van der Waals surface area contributed by atoms with Crippen molar-refractivity contribution in [2.24, 2.45) is 5.92 Å². The highest BCUT2D eigenvalue weighted by atomic mass is 19.1. The number of rotatable bonds is 4. The summed E-state index contributed by atoms with van der Waals surface area (Å²) >= 11 is 0. The number of halogens is 1. The van der Waals surface area contributed by atoms with Crippen LogP contribution in [0.4, 0.5) is 4.39 Å². The number of ether oxygens (including phenoxy) is 1. The van der Waals surface area contributed by atoms with Crippen LogP contribution < -0.4 is 5.32 Å². The summed E-state index contributed by atoms with van der Waals surface area (Å²) in [6.07, 6.45) is 2.33. The molecule has 0 spiro atoms. The van der Waals surface area contributed by atoms with Gasteiger partial charge in [-0.25, -0.2) is 4.39 Å². The van der Waals surface area contributed by atoms with E-state index in [1.807, 2.05) is 6.07 Å². The SMILES string of the molecule is Fc1ccccc1COCC1CCNCC1. The van der Waals surface area contributed by atoms with Crippen LogP contribution in [0.2, 0.25) is 0 Å². The number of hydrogen-bond donors (Lipinski definition) is 1. The zero-order valence-corrected chi connectivity index (χ0v) is 9.42. The Morgan fingerprint density at radius 3 is 2.75 bits per heavy atom. The van der Waals surface area contributed by atoms with Crippen molar-refractivity contribution < 1.29 is 9.13 Å². The van der Waals surface area contributed by atoms with Gasteiger partial charge in [0.1, 0.15) is 5.82 Å². The third kappa shape index (κ3) is 3.29. The molecule has 0 unspecified atom stereocenters. The molecule has 1 aliphatic heterocycles. The Kier molecular flexibility index (Phi) is 4.31. The van der Waals surface area contributed by atoms with Gasteiger partial charge in [0, 0.05) is 12.2 Å². The fraction of sp³-hybridized carbons (Fsp3) is 0.538. The molecule has 1 aromatic rings. The summed E-state index contributed by atoms with van der Waals surface area (Å²) in [6, 6.07) is 6.79. The van der Waals surface area contributed by atoms with Crippen molar-refractivity contribution in [1.82, 2.24) is 5.32 Å². The summed E-state index contributed by atoms with van der Waals surface area (Å²) in [5, 5.41) is 3.32. The van der Waals surface area contributed by atoms with E-state index in [9.17, 15) is 4.39 Å². The third-order valence-electron chi connectivity index (χ3n) is 3.03. The molecule has 2 nitrogen and oxygen atoms in total. The van der Waals surface area contributed by atoms with Crippen molar-refractivity contribution in [3.8, 4) is 0 Å². The van der Waals surface area contributed by atoms with Crippen LogP contribution >= 0.6 is 0 Å². The zero-order valence-electron chi connectivity index (χ0n) is 9.42. The first-order valence-corrected chi connectivity index (χ1v) is 5.88. The van der Waals surface area contributed by atoms with Gasteiger partial charge in [0.25, 0.3) is 0 Å². The van der Waals surface area contributed by atoms with E-state index in [1.165, 1.54) is 6.07 Å². The quantitative estimate of drug-likeness (QED) is 0.846. The van der Waals surface area contributed by atoms with Gasteiger partial charge in [-0.1, -0.05) is 18.2 Å². The van der Waals surface area contributed by atoms with E-state index in [0.29, 0.717) is 18.1 Å². The second kappa shape index (κ2) is 5.97. The standard InChI is InChI=1S/C13H18FNO/c14-13-4-2-1-3-12(13)10-16-9-11-5-7-15-8-6-11/h1-4,11,15H,5-10H2. The Hall–Kier alpha value is -0.930. The van der Waals surface area contributed by atoms with Crippen LogP contribution in [0.5, 0.6) is 0 Å². The van der Waals surface area contributed by atoms with Crippen LogP contribution in [0.25, 0.3) is 0 Å². The summed E-state index contributed by atoms with van der Waals surface area (Å²) in [5.41, 5.74) is 0.649. The van der Waals surface area contributed by atoms with Crippen LogP contribution in [0.1, 0.15) is 18.4 Å². The van der Waals surface area contributed by atoms with E-state index in [2.05, 4.69) is 5.32 Å². The van der Waals surface area contributed by atoms with E-state index in [-0.39, 0.29) is 5.82 Å². The predicted octanol–water partition coefficient (Wildman–Crippen LogP) is 2.34. The molecule has 0 bridgehead atoms. The normalized spacial score (nSPS) is 17.6. The first-order chi connectivity index (χ1) is 7.86. The molecule has 1 fully saturated rings. The van der Waals surface area contributed by atoms with Gasteiger partial charge in [-0.2, -0.15) is 0 Å². The summed E-state index contributed by atoms with van der Waals surface area (Å²) in [6.45, 7) is 3.29. The van der Waals surface area contributed by atoms with E-state index >= 15 is 0 Å². The maximum absolute atomic E-state index is 13.3. The fourth-order valence-corrected chi connectivity index (χ4v) is 2.00. The summed E-state index contributed by atoms with van der Waals surface area (Å²) < 4.78 is 18.8. The van der Waals surface area contributed by atoms with E-state index in [0.717, 1.165) is 32.5 Å². The number of hydrogen-bond acceptors (Lipinski definition) is 2. The molecule has 1 aromatic carbocycles. The lowest BCUT2D eigenvalue weighted by molar-refractivity contribution is 0.0747. The maximum atomic E-state index is 13.3. The first kappa shape index (κ1) is 11.6. The second-order valence-corrected chi connectivity index (χ2v) is 4.30. The third-order valence-corrected chi connectivity index (χ3v) is 3.03. The van der Waals surface area contributed by atoms with Gasteiger partial charge in [0.2, 0.25) is 0 Å². The van der Waals surface area contributed by atoms with E-state index < -0.39 is 0 Å². The highest BCUT2D eigenvalue weighted by molar-refractivity contribution is 5.16. The Morgan fingerprint density at radius 2 is 2.00 bits per heavy atom. The van der Waals surface area contributed by atoms with Crippen LogP contribution in [0.15, 0.2) is 24.3 Å². The van der Waals surface area contributed by atoms with Gasteiger partial charge in [-0.05, 0) is 37.9 Å². The van der Waals surface area contributed by atoms with Crippen LogP contribution in [0, 0.1) is 11.7 Å². The Balaban J connectivity index is 1.73. The van der Waals surface area contributed by atoms with Gasteiger partial charge >= 0.3 is 0 Å². The molecule has 1 heterocycles. The van der Waals surface area contributed by atoms with Crippen molar-refractivity contribution in [2.45, 2.75) is 19.4 Å². The molecule has 3 heteroatoms. The van der Waals surface area contributed by atoms with Gasteiger partial charge in [0.05, 0.1) is 6.61 Å². The van der Waals surface area contributed by atoms with Gasteiger partial charge in [0.15, 0.2) is 0 Å². The summed E-state index contributed by atoms with van der Waals surface area (Å²) in [7, 11) is 0. The second-order valence-electron chi connectivity index (χ2n) is 4.30. The van der Waals surface area contributed by atoms with Crippen molar-refractivity contribution in [3.05, 3.63) is 35.6 Å². The molecule has 0 aliphatic carbocycles. The Labute approximate surface area is 95.8 Å². The molecule has 16 heavy (non-hydrogen) atoms. The van der Waals surface area contributed by atoms with Crippen molar-refractivity contribution in [2.75, 3.05) is 19.7 Å². The smallest absolute Gasteiger partial charge is 0.128 e. The van der Waals surface area contributed by atoms with Crippen LogP contribution in [0.3, 0.4) is 0 Å². The Morgan fingerprint density at radius 1 is 1.25 bits per heavy atom. The molecule has 1 N–H and O–H groups in total.